The molecule has 17 heavy (non-hydrogen) atoms. The average molecular weight is 319 g/mol. The summed E-state index contributed by atoms with van der Waals surface area (Å²) in [4.78, 5) is 13.6. The first-order chi connectivity index (χ1) is 8.04. The number of nitro groups is 1. The van der Waals surface area contributed by atoms with Gasteiger partial charge < -0.3 is 4.74 Å². The van der Waals surface area contributed by atoms with Gasteiger partial charge in [-0.25, -0.2) is 9.37 Å². The molecule has 0 amide bonds. The Morgan fingerprint density at radius 2 is 2.24 bits per heavy atom. The topological polar surface area (TPSA) is 65.3 Å². The van der Waals surface area contributed by atoms with Crippen LogP contribution in [-0.2, 0) is 0 Å². The Morgan fingerprint density at radius 1 is 1.47 bits per heavy atom. The molecule has 0 N–H and O–H groups in total. The summed E-state index contributed by atoms with van der Waals surface area (Å²) in [5.41, 5.74) is 0. The summed E-state index contributed by atoms with van der Waals surface area (Å²) < 4.78 is 18.7. The van der Waals surface area contributed by atoms with Crippen LogP contribution in [0.5, 0.6) is 10.9 Å². The van der Waals surface area contributed by atoms with E-state index < -0.39 is 10.7 Å². The molecule has 0 radical (unpaired) electrons. The first kappa shape index (κ1) is 11.9. The maximum Gasteiger partial charge on any atom is 0.347 e. The Morgan fingerprint density at radius 3 is 2.82 bits per heavy atom. The largest absolute Gasteiger partial charge is 0.431 e. The highest BCUT2D eigenvalue weighted by Gasteiger charge is 2.13. The zero-order valence-corrected chi connectivity index (χ0v) is 10.5. The lowest BCUT2D eigenvalue weighted by molar-refractivity contribution is -0.380. The molecule has 0 saturated heterocycles. The van der Waals surface area contributed by atoms with Crippen molar-refractivity contribution in [3.8, 4) is 10.9 Å². The van der Waals surface area contributed by atoms with Crippen molar-refractivity contribution in [2.75, 3.05) is 0 Å². The molecule has 2 rings (SSSR count). The second kappa shape index (κ2) is 4.76. The molecule has 0 aliphatic carbocycles. The fraction of sp³-hybridized carbons (Fsp3) is 0. The number of ether oxygens (including phenoxy) is 1. The molecule has 5 nitrogen and oxygen atoms in total. The molecule has 0 spiro atoms. The van der Waals surface area contributed by atoms with Gasteiger partial charge >= 0.3 is 5.00 Å². The highest BCUT2D eigenvalue weighted by Crippen LogP contribution is 2.32. The molecule has 1 heterocycles. The van der Waals surface area contributed by atoms with Crippen LogP contribution in [0.2, 0.25) is 0 Å². The maximum atomic E-state index is 13.0. The molecule has 0 bridgehead atoms. The summed E-state index contributed by atoms with van der Waals surface area (Å²) in [5, 5.41) is 10.4. The minimum absolute atomic E-state index is 0.0919. The molecule has 8 heteroatoms. The second-order valence-electron chi connectivity index (χ2n) is 2.93. The summed E-state index contributed by atoms with van der Waals surface area (Å²) >= 11 is 3.89. The van der Waals surface area contributed by atoms with Gasteiger partial charge in [0.1, 0.15) is 17.8 Å². The van der Waals surface area contributed by atoms with E-state index in [1.807, 2.05) is 0 Å². The second-order valence-corrected chi connectivity index (χ2v) is 4.82. The molecule has 0 unspecified atom stereocenters. The smallest absolute Gasteiger partial charge is 0.347 e. The fourth-order valence-corrected chi connectivity index (χ4v) is 2.12. The van der Waals surface area contributed by atoms with Gasteiger partial charge in [-0.3, -0.25) is 10.1 Å². The molecule has 0 saturated carbocycles. The monoisotopic (exact) mass is 318 g/mol. The van der Waals surface area contributed by atoms with Crippen molar-refractivity contribution in [2.24, 2.45) is 0 Å². The van der Waals surface area contributed by atoms with Gasteiger partial charge in [0.2, 0.25) is 0 Å². The highest BCUT2D eigenvalue weighted by atomic mass is 79.9. The van der Waals surface area contributed by atoms with Crippen molar-refractivity contribution in [1.29, 1.82) is 0 Å². The Bertz CT molecular complexity index is 555. The van der Waals surface area contributed by atoms with E-state index in [-0.39, 0.29) is 15.9 Å². The number of rotatable bonds is 3. The summed E-state index contributed by atoms with van der Waals surface area (Å²) in [7, 11) is 0. The molecule has 2 aromatic rings. The van der Waals surface area contributed by atoms with E-state index in [9.17, 15) is 14.5 Å². The lowest BCUT2D eigenvalue weighted by Crippen LogP contribution is -1.84. The van der Waals surface area contributed by atoms with Crippen molar-refractivity contribution in [3.63, 3.8) is 0 Å². The van der Waals surface area contributed by atoms with Crippen molar-refractivity contribution in [2.45, 2.75) is 0 Å². The normalized spacial score (nSPS) is 10.2. The minimum atomic E-state index is -0.563. The van der Waals surface area contributed by atoms with Crippen molar-refractivity contribution in [3.05, 3.63) is 44.8 Å². The predicted octanol–water partition coefficient (Wildman–Crippen LogP) is 3.75. The van der Waals surface area contributed by atoms with Crippen LogP contribution < -0.4 is 4.74 Å². The van der Waals surface area contributed by atoms with Gasteiger partial charge in [-0.05, 0) is 23.5 Å². The first-order valence-electron chi connectivity index (χ1n) is 4.29. The zero-order chi connectivity index (χ0) is 12.4. The van der Waals surface area contributed by atoms with Gasteiger partial charge in [-0.2, -0.15) is 0 Å². The molecular weight excluding hydrogens is 315 g/mol. The molecule has 0 aliphatic heterocycles. The average Bonchev–Trinajstić information content (AvgIpc) is 2.64. The van der Waals surface area contributed by atoms with E-state index >= 15 is 0 Å². The molecule has 0 fully saturated rings. The maximum absolute atomic E-state index is 13.0. The number of aromatic nitrogens is 1. The van der Waals surface area contributed by atoms with Gasteiger partial charge in [0.25, 0.3) is 5.19 Å². The van der Waals surface area contributed by atoms with Crippen LogP contribution in [0.15, 0.2) is 28.9 Å². The third-order valence-electron chi connectivity index (χ3n) is 1.69. The van der Waals surface area contributed by atoms with Crippen LogP contribution in [0.3, 0.4) is 0 Å². The van der Waals surface area contributed by atoms with Gasteiger partial charge in [-0.1, -0.05) is 15.9 Å². The van der Waals surface area contributed by atoms with E-state index in [4.69, 9.17) is 4.74 Å². The van der Waals surface area contributed by atoms with E-state index in [0.717, 1.165) is 23.6 Å². The summed E-state index contributed by atoms with van der Waals surface area (Å²) in [6, 6.07) is 3.98. The van der Waals surface area contributed by atoms with E-state index in [1.54, 1.807) is 0 Å². The van der Waals surface area contributed by atoms with Crippen LogP contribution in [0.4, 0.5) is 9.39 Å². The third kappa shape index (κ3) is 2.98. The van der Waals surface area contributed by atoms with E-state index in [2.05, 4.69) is 20.9 Å². The standard InChI is InChI=1S/C9H4BrFN2O3S/c10-5-1-6(11)3-7(2-5)16-9-12-4-8(17-9)13(14)15/h1-4H. The SMILES string of the molecule is O=[N+]([O-])c1cnc(Oc2cc(F)cc(Br)c2)s1. The molecule has 88 valence electrons. The van der Waals surface area contributed by atoms with Gasteiger partial charge in [0, 0.05) is 10.5 Å². The Hall–Kier alpha value is -1.54. The zero-order valence-electron chi connectivity index (χ0n) is 8.09. The van der Waals surface area contributed by atoms with Crippen LogP contribution in [-0.4, -0.2) is 9.91 Å². The number of nitrogens with zero attached hydrogens (tertiary/aromatic N) is 2. The lowest BCUT2D eigenvalue weighted by atomic mass is 10.3. The molecule has 1 aromatic heterocycles. The van der Waals surface area contributed by atoms with Crippen molar-refractivity contribution >= 4 is 32.3 Å². The Labute approximate surface area is 107 Å². The number of thiazole rings is 1. The van der Waals surface area contributed by atoms with Crippen molar-refractivity contribution < 1.29 is 14.1 Å². The molecule has 1 aromatic carbocycles. The highest BCUT2D eigenvalue weighted by molar-refractivity contribution is 9.10. The number of halogens is 2. The minimum Gasteiger partial charge on any atom is -0.431 e. The Balaban J connectivity index is 2.22. The summed E-state index contributed by atoms with van der Waals surface area (Å²) in [6.07, 6.45) is 1.09. The van der Waals surface area contributed by atoms with Crippen LogP contribution >= 0.6 is 27.3 Å². The molecule has 0 aliphatic rings. The van der Waals surface area contributed by atoms with Crippen molar-refractivity contribution in [1.82, 2.24) is 4.98 Å². The number of benzene rings is 1. The van der Waals surface area contributed by atoms with E-state index in [0.29, 0.717) is 4.47 Å². The van der Waals surface area contributed by atoms with Crippen LogP contribution in [0.25, 0.3) is 0 Å². The predicted molar refractivity (Wildman–Crippen MR) is 62.9 cm³/mol. The van der Waals surface area contributed by atoms with Gasteiger partial charge in [-0.15, -0.1) is 0 Å². The number of hydrogen-bond acceptors (Lipinski definition) is 5. The summed E-state index contributed by atoms with van der Waals surface area (Å²) in [5.74, 6) is -0.249. The van der Waals surface area contributed by atoms with E-state index in [1.165, 1.54) is 12.1 Å². The van der Waals surface area contributed by atoms with Gasteiger partial charge in [0.15, 0.2) is 0 Å². The fourth-order valence-electron chi connectivity index (χ4n) is 1.07. The van der Waals surface area contributed by atoms with Gasteiger partial charge in [0.05, 0.1) is 4.92 Å². The molecular formula is C9H4BrFN2O3S. The first-order valence-corrected chi connectivity index (χ1v) is 5.90. The van der Waals surface area contributed by atoms with Crippen LogP contribution in [0.1, 0.15) is 0 Å². The van der Waals surface area contributed by atoms with Crippen LogP contribution in [0, 0.1) is 15.9 Å². The number of hydrogen-bond donors (Lipinski definition) is 0. The third-order valence-corrected chi connectivity index (χ3v) is 2.98. The molecule has 0 atom stereocenters. The quantitative estimate of drug-likeness (QED) is 0.638. The Kier molecular flexibility index (Phi) is 3.34. The lowest BCUT2D eigenvalue weighted by Gasteiger charge is -2.01. The summed E-state index contributed by atoms with van der Waals surface area (Å²) in [6.45, 7) is 0.